The van der Waals surface area contributed by atoms with Crippen molar-refractivity contribution in [3.05, 3.63) is 5.01 Å². The Balaban J connectivity index is 1.51. The molecule has 1 atom stereocenters. The van der Waals surface area contributed by atoms with Crippen molar-refractivity contribution in [2.75, 3.05) is 44.7 Å². The summed E-state index contributed by atoms with van der Waals surface area (Å²) < 4.78 is 0. The number of nitrogens with zero attached hydrogens (tertiary/aromatic N) is 5. The van der Waals surface area contributed by atoms with Crippen LogP contribution >= 0.6 is 11.3 Å². The Morgan fingerprint density at radius 2 is 1.96 bits per heavy atom. The van der Waals surface area contributed by atoms with Gasteiger partial charge < -0.3 is 9.80 Å². The summed E-state index contributed by atoms with van der Waals surface area (Å²) in [5.74, 6) is -0.224. The van der Waals surface area contributed by atoms with Crippen LogP contribution in [0, 0.1) is 5.92 Å². The maximum atomic E-state index is 12.8. The quantitative estimate of drug-likeness (QED) is 0.710. The zero-order valence-electron chi connectivity index (χ0n) is 16.5. The highest BCUT2D eigenvalue weighted by atomic mass is 32.1. The largest absolute Gasteiger partial charge is 0.344 e. The van der Waals surface area contributed by atoms with Crippen molar-refractivity contribution in [1.82, 2.24) is 20.0 Å². The molecule has 27 heavy (non-hydrogen) atoms. The molecule has 0 spiro atoms. The van der Waals surface area contributed by atoms with E-state index in [0.717, 1.165) is 44.0 Å². The molecule has 8 heteroatoms. The van der Waals surface area contributed by atoms with Gasteiger partial charge in [-0.3, -0.25) is 14.5 Å². The van der Waals surface area contributed by atoms with Crippen molar-refractivity contribution in [2.24, 2.45) is 5.92 Å². The van der Waals surface area contributed by atoms with Crippen LogP contribution in [0.4, 0.5) is 5.13 Å². The molecule has 3 heterocycles. The number of aryl methyl sites for hydroxylation is 1. The highest BCUT2D eigenvalue weighted by Crippen LogP contribution is 2.29. The minimum absolute atomic E-state index is 0.0199. The van der Waals surface area contributed by atoms with Gasteiger partial charge in [-0.1, -0.05) is 31.1 Å². The van der Waals surface area contributed by atoms with Gasteiger partial charge in [0.05, 0.1) is 5.92 Å². The van der Waals surface area contributed by atoms with Crippen molar-refractivity contribution in [2.45, 2.75) is 51.9 Å². The third kappa shape index (κ3) is 5.25. The van der Waals surface area contributed by atoms with Gasteiger partial charge in [-0.15, -0.1) is 10.2 Å². The first kappa shape index (κ1) is 20.2. The fraction of sp³-hybridized carbons (Fsp3) is 0.789. The van der Waals surface area contributed by atoms with Gasteiger partial charge in [-0.05, 0) is 32.4 Å². The van der Waals surface area contributed by atoms with E-state index in [1.165, 1.54) is 37.0 Å². The Kier molecular flexibility index (Phi) is 7.18. The van der Waals surface area contributed by atoms with E-state index in [4.69, 9.17) is 0 Å². The summed E-state index contributed by atoms with van der Waals surface area (Å²) in [6, 6.07) is 0. The van der Waals surface area contributed by atoms with E-state index in [-0.39, 0.29) is 24.2 Å². The van der Waals surface area contributed by atoms with Gasteiger partial charge in [-0.2, -0.15) is 0 Å². The van der Waals surface area contributed by atoms with E-state index in [1.807, 2.05) is 7.05 Å². The lowest BCUT2D eigenvalue weighted by Crippen LogP contribution is -2.40. The first-order chi connectivity index (χ1) is 13.1. The number of hydrogen-bond donors (Lipinski definition) is 0. The molecule has 2 amide bonds. The topological polar surface area (TPSA) is 69.6 Å². The number of carbonyl (C=O) groups is 2. The van der Waals surface area contributed by atoms with Crippen molar-refractivity contribution in [1.29, 1.82) is 0 Å². The fourth-order valence-corrected chi connectivity index (χ4v) is 4.77. The first-order valence-electron chi connectivity index (χ1n) is 10.2. The van der Waals surface area contributed by atoms with E-state index in [2.05, 4.69) is 22.0 Å². The van der Waals surface area contributed by atoms with E-state index in [1.54, 1.807) is 9.80 Å². The maximum absolute atomic E-state index is 12.8. The molecule has 1 unspecified atom stereocenters. The maximum Gasteiger partial charge on any atom is 0.229 e. The summed E-state index contributed by atoms with van der Waals surface area (Å²) >= 11 is 1.46. The first-order valence-corrected chi connectivity index (χ1v) is 11.0. The van der Waals surface area contributed by atoms with E-state index in [9.17, 15) is 9.59 Å². The molecule has 0 aliphatic carbocycles. The lowest BCUT2D eigenvalue weighted by atomic mass is 10.1. The summed E-state index contributed by atoms with van der Waals surface area (Å²) in [6.07, 6.45) is 7.30. The highest BCUT2D eigenvalue weighted by Gasteiger charge is 2.38. The number of amides is 2. The van der Waals surface area contributed by atoms with E-state index in [0.29, 0.717) is 11.7 Å². The molecule has 1 aromatic heterocycles. The molecule has 0 saturated carbocycles. The Hall–Kier alpha value is -1.54. The lowest BCUT2D eigenvalue weighted by Gasteiger charge is -2.25. The van der Waals surface area contributed by atoms with Crippen LogP contribution in [0.3, 0.4) is 0 Å². The average Bonchev–Trinajstić information content (AvgIpc) is 3.18. The molecule has 0 bridgehead atoms. The van der Waals surface area contributed by atoms with Gasteiger partial charge >= 0.3 is 0 Å². The molecule has 150 valence electrons. The van der Waals surface area contributed by atoms with Gasteiger partial charge in [0.25, 0.3) is 0 Å². The lowest BCUT2D eigenvalue weighted by molar-refractivity contribution is -0.134. The summed E-state index contributed by atoms with van der Waals surface area (Å²) in [7, 11) is 1.86. The number of anilines is 1. The normalized spacial score (nSPS) is 21.5. The molecule has 0 aromatic carbocycles. The summed E-state index contributed by atoms with van der Waals surface area (Å²) in [5.41, 5.74) is 0. The van der Waals surface area contributed by atoms with Crippen LogP contribution in [0.2, 0.25) is 0 Å². The summed E-state index contributed by atoms with van der Waals surface area (Å²) in [6.45, 7) is 6.43. The SMILES string of the molecule is CCCc1nnc(N2CC(C(=O)N(C)CCN3CCCCCC3)CC2=O)s1. The molecule has 2 fully saturated rings. The molecule has 7 nitrogen and oxygen atoms in total. The Morgan fingerprint density at radius 3 is 2.67 bits per heavy atom. The second-order valence-corrected chi connectivity index (χ2v) is 8.69. The molecule has 2 aliphatic heterocycles. The smallest absolute Gasteiger partial charge is 0.229 e. The molecule has 2 aliphatic rings. The number of aromatic nitrogens is 2. The monoisotopic (exact) mass is 393 g/mol. The van der Waals surface area contributed by atoms with Crippen LogP contribution < -0.4 is 4.90 Å². The molecule has 0 N–H and O–H groups in total. The predicted octanol–water partition coefficient (Wildman–Crippen LogP) is 2.18. The van der Waals surface area contributed by atoms with Crippen molar-refractivity contribution in [3.63, 3.8) is 0 Å². The van der Waals surface area contributed by atoms with Gasteiger partial charge in [0.15, 0.2) is 0 Å². The summed E-state index contributed by atoms with van der Waals surface area (Å²) in [4.78, 5) is 31.1. The molecule has 1 aromatic rings. The van der Waals surface area contributed by atoms with Crippen LogP contribution in [-0.2, 0) is 16.0 Å². The zero-order chi connectivity index (χ0) is 19.2. The minimum atomic E-state index is -0.273. The molecular weight excluding hydrogens is 362 g/mol. The minimum Gasteiger partial charge on any atom is -0.344 e. The third-order valence-corrected chi connectivity index (χ3v) is 6.46. The number of carbonyl (C=O) groups excluding carboxylic acids is 2. The Bertz CT molecular complexity index is 642. The van der Waals surface area contributed by atoms with Crippen molar-refractivity contribution < 1.29 is 9.59 Å². The molecule has 2 saturated heterocycles. The molecule has 0 radical (unpaired) electrons. The van der Waals surface area contributed by atoms with Crippen LogP contribution in [0.25, 0.3) is 0 Å². The van der Waals surface area contributed by atoms with Gasteiger partial charge in [0.1, 0.15) is 5.01 Å². The van der Waals surface area contributed by atoms with Gasteiger partial charge in [0, 0.05) is 39.5 Å². The van der Waals surface area contributed by atoms with Crippen molar-refractivity contribution >= 4 is 28.3 Å². The molecule has 3 rings (SSSR count). The predicted molar refractivity (Wildman–Crippen MR) is 107 cm³/mol. The van der Waals surface area contributed by atoms with Gasteiger partial charge in [-0.25, -0.2) is 0 Å². The second-order valence-electron chi connectivity index (χ2n) is 7.65. The highest BCUT2D eigenvalue weighted by molar-refractivity contribution is 7.15. The Labute approximate surface area is 165 Å². The van der Waals surface area contributed by atoms with Gasteiger partial charge in [0.2, 0.25) is 16.9 Å². The van der Waals surface area contributed by atoms with Crippen LogP contribution in [0.5, 0.6) is 0 Å². The van der Waals surface area contributed by atoms with Crippen LogP contribution in [0.15, 0.2) is 0 Å². The number of likely N-dealkylation sites (tertiary alicyclic amines) is 1. The fourth-order valence-electron chi connectivity index (χ4n) is 3.80. The average molecular weight is 394 g/mol. The summed E-state index contributed by atoms with van der Waals surface area (Å²) in [5, 5.41) is 9.89. The van der Waals surface area contributed by atoms with E-state index >= 15 is 0 Å². The third-order valence-electron chi connectivity index (χ3n) is 5.45. The Morgan fingerprint density at radius 1 is 1.22 bits per heavy atom. The number of hydrogen-bond acceptors (Lipinski definition) is 6. The van der Waals surface area contributed by atoms with E-state index < -0.39 is 0 Å². The second kappa shape index (κ2) is 9.59. The van der Waals surface area contributed by atoms with Crippen LogP contribution in [0.1, 0.15) is 50.5 Å². The van der Waals surface area contributed by atoms with Crippen LogP contribution in [-0.4, -0.2) is 71.6 Å². The number of rotatable bonds is 7. The molecular formula is C19H31N5O2S. The number of likely N-dealkylation sites (N-methyl/N-ethyl adjacent to an activating group) is 1. The standard InChI is InChI=1S/C19H31N5O2S/c1-3-8-16-20-21-19(27-16)24-14-15(13-17(24)25)18(26)22(2)11-12-23-9-6-4-5-7-10-23/h15H,3-14H2,1-2H3. The zero-order valence-corrected chi connectivity index (χ0v) is 17.3. The van der Waals surface area contributed by atoms with Crippen molar-refractivity contribution in [3.8, 4) is 0 Å².